The lowest BCUT2D eigenvalue weighted by Gasteiger charge is -2.29. The van der Waals surface area contributed by atoms with Crippen LogP contribution in [0, 0.1) is 12.7 Å². The van der Waals surface area contributed by atoms with E-state index in [0.717, 1.165) is 28.1 Å². The molecule has 0 saturated carbocycles. The van der Waals surface area contributed by atoms with E-state index in [1.807, 2.05) is 25.1 Å². The highest BCUT2D eigenvalue weighted by molar-refractivity contribution is 6.31. The second-order valence-electron chi connectivity index (χ2n) is 7.99. The van der Waals surface area contributed by atoms with Gasteiger partial charge in [-0.3, -0.25) is 0 Å². The van der Waals surface area contributed by atoms with E-state index < -0.39 is 11.8 Å². The number of nitrogens with one attached hydrogen (secondary N) is 1. The van der Waals surface area contributed by atoms with Crippen LogP contribution in [0.2, 0.25) is 5.02 Å². The van der Waals surface area contributed by atoms with Crippen LogP contribution in [0.25, 0.3) is 17.2 Å². The minimum absolute atomic E-state index is 0.0118. The first-order chi connectivity index (χ1) is 16.3. The van der Waals surface area contributed by atoms with E-state index in [4.69, 9.17) is 21.3 Å². The van der Waals surface area contributed by atoms with Gasteiger partial charge in [0.1, 0.15) is 11.6 Å². The number of nitrogens with zero attached hydrogens (tertiary/aromatic N) is 3. The van der Waals surface area contributed by atoms with E-state index >= 15 is 0 Å². The number of rotatable bonds is 6. The highest BCUT2D eigenvalue weighted by Crippen LogP contribution is 2.32. The summed E-state index contributed by atoms with van der Waals surface area (Å²) in [4.78, 5) is 22.6. The number of aromatic nitrogens is 2. The molecule has 176 valence electrons. The fourth-order valence-electron chi connectivity index (χ4n) is 3.66. The van der Waals surface area contributed by atoms with Gasteiger partial charge in [-0.2, -0.15) is 4.98 Å². The first kappa shape index (κ1) is 23.7. The fraction of sp³-hybridized carbons (Fsp3) is 0.240. The highest BCUT2D eigenvalue weighted by Gasteiger charge is 2.19. The maximum absolute atomic E-state index is 13.5. The molecule has 3 aromatic rings. The number of aliphatic carboxylic acids is 1. The highest BCUT2D eigenvalue weighted by atomic mass is 35.5. The molecule has 0 amide bonds. The fourth-order valence-corrected chi connectivity index (χ4v) is 3.84. The average molecular weight is 483 g/mol. The zero-order valence-corrected chi connectivity index (χ0v) is 19.6. The van der Waals surface area contributed by atoms with E-state index in [9.17, 15) is 14.3 Å². The minimum atomic E-state index is -0.947. The summed E-state index contributed by atoms with van der Waals surface area (Å²) in [5.74, 6) is -0.332. The molecule has 9 heteroatoms. The molecule has 1 saturated heterocycles. The van der Waals surface area contributed by atoms with Gasteiger partial charge in [0.05, 0.1) is 18.2 Å². The number of ether oxygens (including phenoxy) is 1. The molecule has 2 N–H and O–H groups in total. The molecule has 1 aromatic heterocycles. The smallest absolute Gasteiger partial charge is 0.331 e. The quantitative estimate of drug-likeness (QED) is 0.460. The SMILES string of the molecule is C/C(=C\c1ccc(-c2cnc(Nc3ccc(F)c(Cl)c3)nc2N2CCOCC2)cc1C)C(=O)O. The summed E-state index contributed by atoms with van der Waals surface area (Å²) >= 11 is 5.90. The van der Waals surface area contributed by atoms with Gasteiger partial charge in [0.2, 0.25) is 5.95 Å². The van der Waals surface area contributed by atoms with Crippen molar-refractivity contribution < 1.29 is 19.0 Å². The Morgan fingerprint density at radius 3 is 2.68 bits per heavy atom. The maximum atomic E-state index is 13.5. The number of benzene rings is 2. The standard InChI is InChI=1S/C25H24ClFN4O3/c1-15-11-18(4-3-17(15)12-16(2)24(32)33)20-14-28-25(29-19-5-6-22(27)21(26)13-19)30-23(20)31-7-9-34-10-8-31/h3-6,11-14H,7-10H2,1-2H3,(H,32,33)(H,28,29,30)/b16-12+. The molecule has 1 aliphatic heterocycles. The largest absolute Gasteiger partial charge is 0.478 e. The summed E-state index contributed by atoms with van der Waals surface area (Å²) < 4.78 is 19.0. The number of halogens is 2. The van der Waals surface area contributed by atoms with Crippen molar-refractivity contribution in [3.05, 3.63) is 70.1 Å². The summed E-state index contributed by atoms with van der Waals surface area (Å²) in [6.45, 7) is 6.06. The Balaban J connectivity index is 1.71. The van der Waals surface area contributed by atoms with Crippen molar-refractivity contribution in [1.82, 2.24) is 9.97 Å². The van der Waals surface area contributed by atoms with Crippen molar-refractivity contribution in [2.75, 3.05) is 36.5 Å². The van der Waals surface area contributed by atoms with Crippen LogP contribution in [0.15, 0.2) is 48.2 Å². The van der Waals surface area contributed by atoms with Gasteiger partial charge < -0.3 is 20.1 Å². The molecule has 2 heterocycles. The Hall–Kier alpha value is -3.49. The maximum Gasteiger partial charge on any atom is 0.331 e. The molecular formula is C25H24ClFN4O3. The van der Waals surface area contributed by atoms with Crippen LogP contribution >= 0.6 is 11.6 Å². The van der Waals surface area contributed by atoms with E-state index in [1.165, 1.54) is 12.1 Å². The van der Waals surface area contributed by atoms with Crippen molar-refractivity contribution in [2.24, 2.45) is 0 Å². The third-order valence-corrected chi connectivity index (χ3v) is 5.83. The first-order valence-corrected chi connectivity index (χ1v) is 11.1. The lowest BCUT2D eigenvalue weighted by atomic mass is 9.99. The van der Waals surface area contributed by atoms with E-state index in [-0.39, 0.29) is 10.6 Å². The summed E-state index contributed by atoms with van der Waals surface area (Å²) in [5.41, 5.74) is 4.38. The second-order valence-corrected chi connectivity index (χ2v) is 8.40. The monoisotopic (exact) mass is 482 g/mol. The van der Waals surface area contributed by atoms with E-state index in [2.05, 4.69) is 15.2 Å². The molecule has 4 rings (SSSR count). The van der Waals surface area contributed by atoms with Crippen LogP contribution in [0.3, 0.4) is 0 Å². The van der Waals surface area contributed by atoms with Gasteiger partial charge in [-0.05, 0) is 54.8 Å². The van der Waals surface area contributed by atoms with Crippen LogP contribution in [-0.4, -0.2) is 47.3 Å². The van der Waals surface area contributed by atoms with Crippen LogP contribution < -0.4 is 10.2 Å². The van der Waals surface area contributed by atoms with Crippen LogP contribution in [-0.2, 0) is 9.53 Å². The third kappa shape index (κ3) is 5.35. The number of hydrogen-bond donors (Lipinski definition) is 2. The zero-order valence-electron chi connectivity index (χ0n) is 18.8. The molecular weight excluding hydrogens is 459 g/mol. The van der Waals surface area contributed by atoms with Crippen LogP contribution in [0.5, 0.6) is 0 Å². The minimum Gasteiger partial charge on any atom is -0.478 e. The number of carboxylic acids is 1. The van der Waals surface area contributed by atoms with E-state index in [1.54, 1.807) is 25.3 Å². The molecule has 7 nitrogen and oxygen atoms in total. The number of aryl methyl sites for hydroxylation is 1. The van der Waals surface area contributed by atoms with Crippen molar-refractivity contribution in [3.8, 4) is 11.1 Å². The molecule has 1 aliphatic rings. The van der Waals surface area contributed by atoms with Crippen molar-refractivity contribution in [1.29, 1.82) is 0 Å². The van der Waals surface area contributed by atoms with Gasteiger partial charge in [0, 0.05) is 36.1 Å². The normalized spacial score (nSPS) is 14.2. The van der Waals surface area contributed by atoms with Gasteiger partial charge in [-0.15, -0.1) is 0 Å². The Morgan fingerprint density at radius 2 is 2.00 bits per heavy atom. The molecule has 0 aliphatic carbocycles. The lowest BCUT2D eigenvalue weighted by molar-refractivity contribution is -0.132. The van der Waals surface area contributed by atoms with Gasteiger partial charge >= 0.3 is 5.97 Å². The number of morpholine rings is 1. The van der Waals surface area contributed by atoms with Crippen molar-refractivity contribution in [3.63, 3.8) is 0 Å². The van der Waals surface area contributed by atoms with Crippen molar-refractivity contribution >= 4 is 41.1 Å². The topological polar surface area (TPSA) is 87.6 Å². The number of carboxylic acid groups (broad SMARTS) is 1. The summed E-state index contributed by atoms with van der Waals surface area (Å²) in [6.07, 6.45) is 3.40. The molecule has 1 fully saturated rings. The molecule has 0 unspecified atom stereocenters. The summed E-state index contributed by atoms with van der Waals surface area (Å²) in [5, 5.41) is 12.3. The number of anilines is 3. The van der Waals surface area contributed by atoms with Gasteiger partial charge in [0.15, 0.2) is 0 Å². The molecule has 0 radical (unpaired) electrons. The molecule has 0 atom stereocenters. The van der Waals surface area contributed by atoms with Gasteiger partial charge in [0.25, 0.3) is 0 Å². The van der Waals surface area contributed by atoms with E-state index in [0.29, 0.717) is 37.9 Å². The Labute approximate surface area is 201 Å². The predicted octanol–water partition coefficient (Wildman–Crippen LogP) is 5.31. The summed E-state index contributed by atoms with van der Waals surface area (Å²) in [6, 6.07) is 10.2. The van der Waals surface area contributed by atoms with Crippen LogP contribution in [0.1, 0.15) is 18.1 Å². The van der Waals surface area contributed by atoms with Crippen molar-refractivity contribution in [2.45, 2.75) is 13.8 Å². The molecule has 0 spiro atoms. The van der Waals surface area contributed by atoms with Gasteiger partial charge in [-0.25, -0.2) is 14.2 Å². The second kappa shape index (κ2) is 10.2. The predicted molar refractivity (Wildman–Crippen MR) is 131 cm³/mol. The number of carbonyl (C=O) groups is 1. The summed E-state index contributed by atoms with van der Waals surface area (Å²) in [7, 11) is 0. The molecule has 34 heavy (non-hydrogen) atoms. The van der Waals surface area contributed by atoms with Crippen LogP contribution in [0.4, 0.5) is 21.8 Å². The first-order valence-electron chi connectivity index (χ1n) is 10.8. The average Bonchev–Trinajstić information content (AvgIpc) is 2.83. The zero-order chi connectivity index (χ0) is 24.2. The molecule has 0 bridgehead atoms. The molecule has 2 aromatic carbocycles. The Kier molecular flexibility index (Phi) is 7.09. The Bertz CT molecular complexity index is 1260. The lowest BCUT2D eigenvalue weighted by Crippen LogP contribution is -2.37. The number of hydrogen-bond acceptors (Lipinski definition) is 6. The third-order valence-electron chi connectivity index (χ3n) is 5.55. The Morgan fingerprint density at radius 1 is 1.24 bits per heavy atom. The van der Waals surface area contributed by atoms with Gasteiger partial charge in [-0.1, -0.05) is 29.8 Å².